The average Bonchev–Trinajstić information content (AvgIpc) is 2.59. The molecule has 0 radical (unpaired) electrons. The Morgan fingerprint density at radius 2 is 2.20 bits per heavy atom. The Morgan fingerprint density at radius 3 is 2.93 bits per heavy atom. The summed E-state index contributed by atoms with van der Waals surface area (Å²) in [5.41, 5.74) is 1.10. The van der Waals surface area contributed by atoms with Crippen LogP contribution in [0.2, 0.25) is 0 Å². The summed E-state index contributed by atoms with van der Waals surface area (Å²) in [6.45, 7) is 4.89. The molecule has 0 aliphatic carbocycles. The van der Waals surface area contributed by atoms with Crippen molar-refractivity contribution in [1.82, 2.24) is 4.98 Å². The van der Waals surface area contributed by atoms with Gasteiger partial charge in [-0.15, -0.1) is 11.3 Å². The molecule has 1 aromatic heterocycles. The molecule has 1 heterocycles. The van der Waals surface area contributed by atoms with Crippen LogP contribution < -0.4 is 0 Å². The summed E-state index contributed by atoms with van der Waals surface area (Å²) in [6, 6.07) is 8.25. The SMILES string of the molecule is CCOC(C)Cc1nc2ccccc2s1. The van der Waals surface area contributed by atoms with Crippen molar-refractivity contribution in [2.24, 2.45) is 0 Å². The van der Waals surface area contributed by atoms with Gasteiger partial charge in [0.25, 0.3) is 0 Å². The van der Waals surface area contributed by atoms with E-state index >= 15 is 0 Å². The van der Waals surface area contributed by atoms with Crippen molar-refractivity contribution in [2.75, 3.05) is 6.61 Å². The number of thiazole rings is 1. The molecule has 0 amide bonds. The normalized spacial score (nSPS) is 13.2. The van der Waals surface area contributed by atoms with Gasteiger partial charge in [0.1, 0.15) is 0 Å². The first-order valence-corrected chi connectivity index (χ1v) is 6.07. The summed E-state index contributed by atoms with van der Waals surface area (Å²) in [4.78, 5) is 4.57. The van der Waals surface area contributed by atoms with Gasteiger partial charge in [-0.25, -0.2) is 4.98 Å². The van der Waals surface area contributed by atoms with Gasteiger partial charge in [-0.1, -0.05) is 12.1 Å². The van der Waals surface area contributed by atoms with E-state index in [-0.39, 0.29) is 6.10 Å². The molecule has 2 nitrogen and oxygen atoms in total. The fourth-order valence-electron chi connectivity index (χ4n) is 1.60. The maximum atomic E-state index is 5.51. The molecule has 1 aromatic carbocycles. The lowest BCUT2D eigenvalue weighted by atomic mass is 10.3. The summed E-state index contributed by atoms with van der Waals surface area (Å²) in [5, 5.41) is 1.16. The monoisotopic (exact) mass is 221 g/mol. The van der Waals surface area contributed by atoms with Crippen LogP contribution in [0.4, 0.5) is 0 Å². The van der Waals surface area contributed by atoms with Crippen molar-refractivity contribution in [3.05, 3.63) is 29.3 Å². The molecule has 2 aromatic rings. The van der Waals surface area contributed by atoms with Crippen molar-refractivity contribution in [3.8, 4) is 0 Å². The third kappa shape index (κ3) is 2.55. The Kier molecular flexibility index (Phi) is 3.34. The second-order valence-electron chi connectivity index (χ2n) is 3.55. The zero-order chi connectivity index (χ0) is 10.7. The minimum atomic E-state index is 0.260. The van der Waals surface area contributed by atoms with Crippen molar-refractivity contribution in [1.29, 1.82) is 0 Å². The van der Waals surface area contributed by atoms with E-state index in [1.54, 1.807) is 11.3 Å². The van der Waals surface area contributed by atoms with E-state index in [4.69, 9.17) is 4.74 Å². The van der Waals surface area contributed by atoms with E-state index < -0.39 is 0 Å². The molecule has 0 spiro atoms. The third-order valence-electron chi connectivity index (χ3n) is 2.25. The highest BCUT2D eigenvalue weighted by molar-refractivity contribution is 7.18. The van der Waals surface area contributed by atoms with E-state index in [2.05, 4.69) is 30.1 Å². The first kappa shape index (κ1) is 10.6. The molecule has 1 unspecified atom stereocenters. The Bertz CT molecular complexity index is 405. The minimum Gasteiger partial charge on any atom is -0.378 e. The number of hydrogen-bond acceptors (Lipinski definition) is 3. The van der Waals surface area contributed by atoms with Crippen molar-refractivity contribution in [3.63, 3.8) is 0 Å². The number of aromatic nitrogens is 1. The molecule has 80 valence electrons. The highest BCUT2D eigenvalue weighted by Crippen LogP contribution is 2.22. The lowest BCUT2D eigenvalue weighted by molar-refractivity contribution is 0.0768. The highest BCUT2D eigenvalue weighted by atomic mass is 32.1. The largest absolute Gasteiger partial charge is 0.378 e. The van der Waals surface area contributed by atoms with Crippen LogP contribution >= 0.6 is 11.3 Å². The predicted octanol–water partition coefficient (Wildman–Crippen LogP) is 3.26. The molecular weight excluding hydrogens is 206 g/mol. The Labute approximate surface area is 93.9 Å². The van der Waals surface area contributed by atoms with Gasteiger partial charge in [0.15, 0.2) is 0 Å². The number of benzene rings is 1. The second-order valence-corrected chi connectivity index (χ2v) is 4.66. The fourth-order valence-corrected chi connectivity index (χ4v) is 2.68. The molecule has 0 aliphatic rings. The van der Waals surface area contributed by atoms with Crippen LogP contribution in [-0.4, -0.2) is 17.7 Å². The molecule has 0 saturated carbocycles. The van der Waals surface area contributed by atoms with Gasteiger partial charge in [0, 0.05) is 13.0 Å². The highest BCUT2D eigenvalue weighted by Gasteiger charge is 2.07. The van der Waals surface area contributed by atoms with Gasteiger partial charge in [0.05, 0.1) is 21.3 Å². The van der Waals surface area contributed by atoms with Gasteiger partial charge in [-0.05, 0) is 26.0 Å². The van der Waals surface area contributed by atoms with Gasteiger partial charge in [-0.3, -0.25) is 0 Å². The number of nitrogens with zero attached hydrogens (tertiary/aromatic N) is 1. The zero-order valence-corrected chi connectivity index (χ0v) is 9.88. The maximum absolute atomic E-state index is 5.51. The van der Waals surface area contributed by atoms with Crippen LogP contribution in [0.3, 0.4) is 0 Å². The molecule has 0 bridgehead atoms. The van der Waals surface area contributed by atoms with Crippen molar-refractivity contribution in [2.45, 2.75) is 26.4 Å². The molecule has 15 heavy (non-hydrogen) atoms. The molecule has 1 atom stereocenters. The molecular formula is C12H15NOS. The smallest absolute Gasteiger partial charge is 0.0964 e. The van der Waals surface area contributed by atoms with Crippen LogP contribution in [-0.2, 0) is 11.2 Å². The van der Waals surface area contributed by atoms with Gasteiger partial charge >= 0.3 is 0 Å². The Morgan fingerprint density at radius 1 is 1.40 bits per heavy atom. The summed E-state index contributed by atoms with van der Waals surface area (Å²) < 4.78 is 6.77. The van der Waals surface area contributed by atoms with E-state index in [1.807, 2.05) is 13.0 Å². The summed E-state index contributed by atoms with van der Waals surface area (Å²) in [5.74, 6) is 0. The molecule has 0 saturated heterocycles. The Balaban J connectivity index is 2.15. The standard InChI is InChI=1S/C12H15NOS/c1-3-14-9(2)8-12-13-10-6-4-5-7-11(10)15-12/h4-7,9H,3,8H2,1-2H3. The first-order valence-electron chi connectivity index (χ1n) is 5.25. The minimum absolute atomic E-state index is 0.260. The second kappa shape index (κ2) is 4.73. The van der Waals surface area contributed by atoms with Crippen LogP contribution in [0.15, 0.2) is 24.3 Å². The molecule has 0 aliphatic heterocycles. The van der Waals surface area contributed by atoms with Crippen LogP contribution in [0, 0.1) is 0 Å². The van der Waals surface area contributed by atoms with Crippen molar-refractivity contribution >= 4 is 21.6 Å². The van der Waals surface area contributed by atoms with E-state index in [9.17, 15) is 0 Å². The third-order valence-corrected chi connectivity index (χ3v) is 3.31. The lowest BCUT2D eigenvalue weighted by Gasteiger charge is -2.08. The van der Waals surface area contributed by atoms with Gasteiger partial charge in [0.2, 0.25) is 0 Å². The summed E-state index contributed by atoms with van der Waals surface area (Å²) in [6.07, 6.45) is 1.17. The zero-order valence-electron chi connectivity index (χ0n) is 9.06. The number of hydrogen-bond donors (Lipinski definition) is 0. The predicted molar refractivity (Wildman–Crippen MR) is 64.4 cm³/mol. The Hall–Kier alpha value is -0.930. The van der Waals surface area contributed by atoms with Crippen LogP contribution in [0.25, 0.3) is 10.2 Å². The number of fused-ring (bicyclic) bond motifs is 1. The fraction of sp³-hybridized carbons (Fsp3) is 0.417. The summed E-state index contributed by atoms with van der Waals surface area (Å²) >= 11 is 1.76. The molecule has 2 rings (SSSR count). The molecule has 0 fully saturated rings. The maximum Gasteiger partial charge on any atom is 0.0964 e. The number of rotatable bonds is 4. The average molecular weight is 221 g/mol. The lowest BCUT2D eigenvalue weighted by Crippen LogP contribution is -2.10. The van der Waals surface area contributed by atoms with E-state index in [0.717, 1.165) is 23.6 Å². The number of ether oxygens (including phenoxy) is 1. The first-order chi connectivity index (χ1) is 7.29. The quantitative estimate of drug-likeness (QED) is 0.790. The van der Waals surface area contributed by atoms with E-state index in [1.165, 1.54) is 4.70 Å². The number of para-hydroxylation sites is 1. The van der Waals surface area contributed by atoms with Gasteiger partial charge in [-0.2, -0.15) is 0 Å². The molecule has 0 N–H and O–H groups in total. The van der Waals surface area contributed by atoms with Crippen LogP contribution in [0.1, 0.15) is 18.9 Å². The topological polar surface area (TPSA) is 22.1 Å². The van der Waals surface area contributed by atoms with Crippen molar-refractivity contribution < 1.29 is 4.74 Å². The van der Waals surface area contributed by atoms with E-state index in [0.29, 0.717) is 0 Å². The molecule has 3 heteroatoms. The summed E-state index contributed by atoms with van der Waals surface area (Å²) in [7, 11) is 0. The van der Waals surface area contributed by atoms with Gasteiger partial charge < -0.3 is 4.74 Å². The van der Waals surface area contributed by atoms with Crippen LogP contribution in [0.5, 0.6) is 0 Å².